The fraction of sp³-hybridized carbons (Fsp3) is 0.727. The minimum Gasteiger partial charge on any atom is -0.391 e. The summed E-state index contributed by atoms with van der Waals surface area (Å²) in [6.45, 7) is 0. The molecule has 2 rings (SSSR count). The van der Waals surface area contributed by atoms with E-state index in [-0.39, 0.29) is 11.8 Å². The minimum atomic E-state index is -0.655. The molecule has 88 valence electrons. The number of nitrogens with two attached hydrogens (primary N) is 1. The third-order valence-electron chi connectivity index (χ3n) is 3.62. The summed E-state index contributed by atoms with van der Waals surface area (Å²) < 4.78 is 0. The number of hydrogen-bond donors (Lipinski definition) is 1. The van der Waals surface area contributed by atoms with Gasteiger partial charge in [0.1, 0.15) is 5.54 Å². The van der Waals surface area contributed by atoms with Crippen LogP contribution >= 0.6 is 12.2 Å². The van der Waals surface area contributed by atoms with Crippen LogP contribution in [0.3, 0.4) is 0 Å². The number of carbonyl (C=O) groups is 2. The number of imide groups is 1. The van der Waals surface area contributed by atoms with Crippen molar-refractivity contribution in [2.45, 2.75) is 50.5 Å². The predicted molar refractivity (Wildman–Crippen MR) is 63.7 cm³/mol. The van der Waals surface area contributed by atoms with Crippen molar-refractivity contribution in [2.75, 3.05) is 0 Å². The highest BCUT2D eigenvalue weighted by atomic mass is 32.1. The molecule has 0 spiro atoms. The first-order valence-electron chi connectivity index (χ1n) is 5.74. The van der Waals surface area contributed by atoms with Gasteiger partial charge in [-0.1, -0.05) is 31.5 Å². The summed E-state index contributed by atoms with van der Waals surface area (Å²) in [6.07, 6.45) is 5.18. The molecule has 2 fully saturated rings. The van der Waals surface area contributed by atoms with Crippen LogP contribution in [0, 0.1) is 0 Å². The molecule has 1 saturated carbocycles. The van der Waals surface area contributed by atoms with Crippen LogP contribution in [0.1, 0.15) is 44.9 Å². The van der Waals surface area contributed by atoms with E-state index < -0.39 is 5.54 Å². The zero-order chi connectivity index (χ0) is 11.8. The maximum Gasteiger partial charge on any atom is 0.230 e. The molecule has 0 unspecified atom stereocenters. The van der Waals surface area contributed by atoms with Crippen molar-refractivity contribution in [1.29, 1.82) is 0 Å². The van der Waals surface area contributed by atoms with Crippen molar-refractivity contribution < 1.29 is 9.59 Å². The summed E-state index contributed by atoms with van der Waals surface area (Å²) in [6, 6.07) is 0. The number of likely N-dealkylation sites (tertiary alicyclic amines) is 1. The summed E-state index contributed by atoms with van der Waals surface area (Å²) in [7, 11) is 0. The van der Waals surface area contributed by atoms with Crippen molar-refractivity contribution in [2.24, 2.45) is 5.73 Å². The lowest BCUT2D eigenvalue weighted by Crippen LogP contribution is -2.59. The summed E-state index contributed by atoms with van der Waals surface area (Å²) in [5, 5.41) is 0. The third kappa shape index (κ3) is 1.63. The van der Waals surface area contributed by atoms with Crippen LogP contribution in [0.15, 0.2) is 0 Å². The van der Waals surface area contributed by atoms with E-state index in [0.717, 1.165) is 32.1 Å². The molecule has 2 aliphatic rings. The van der Waals surface area contributed by atoms with Gasteiger partial charge >= 0.3 is 0 Å². The second-order valence-electron chi connectivity index (χ2n) is 4.58. The minimum absolute atomic E-state index is 0.111. The van der Waals surface area contributed by atoms with Crippen LogP contribution in [-0.4, -0.2) is 27.2 Å². The Morgan fingerprint density at radius 2 is 1.62 bits per heavy atom. The van der Waals surface area contributed by atoms with Gasteiger partial charge in [-0.3, -0.25) is 14.5 Å². The Morgan fingerprint density at radius 1 is 1.12 bits per heavy atom. The van der Waals surface area contributed by atoms with Crippen LogP contribution in [0.25, 0.3) is 0 Å². The first-order valence-corrected chi connectivity index (χ1v) is 6.14. The normalized spacial score (nSPS) is 24.9. The number of nitrogens with zero attached hydrogens (tertiary/aromatic N) is 1. The zero-order valence-corrected chi connectivity index (χ0v) is 10.0. The van der Waals surface area contributed by atoms with Crippen LogP contribution in [0.2, 0.25) is 0 Å². The molecule has 0 bridgehead atoms. The van der Waals surface area contributed by atoms with Gasteiger partial charge < -0.3 is 5.73 Å². The Labute approximate surface area is 100 Å². The Balaban J connectivity index is 2.34. The van der Waals surface area contributed by atoms with Gasteiger partial charge in [-0.2, -0.15) is 0 Å². The van der Waals surface area contributed by atoms with Gasteiger partial charge in [-0.25, -0.2) is 0 Å². The molecule has 16 heavy (non-hydrogen) atoms. The molecule has 2 amide bonds. The Morgan fingerprint density at radius 3 is 2.06 bits per heavy atom. The van der Waals surface area contributed by atoms with E-state index >= 15 is 0 Å². The largest absolute Gasteiger partial charge is 0.391 e. The zero-order valence-electron chi connectivity index (χ0n) is 9.20. The second-order valence-corrected chi connectivity index (χ2v) is 5.02. The van der Waals surface area contributed by atoms with Gasteiger partial charge in [-0.05, 0) is 12.8 Å². The molecule has 0 atom stereocenters. The topological polar surface area (TPSA) is 63.4 Å². The molecule has 0 aromatic carbocycles. The molecule has 0 radical (unpaired) electrons. The van der Waals surface area contributed by atoms with Gasteiger partial charge in [0, 0.05) is 12.8 Å². The van der Waals surface area contributed by atoms with E-state index in [1.807, 2.05) is 0 Å². The fourth-order valence-corrected chi connectivity index (χ4v) is 3.07. The molecule has 0 aromatic rings. The van der Waals surface area contributed by atoms with Crippen LogP contribution in [0.4, 0.5) is 0 Å². The van der Waals surface area contributed by atoms with Gasteiger partial charge in [-0.15, -0.1) is 0 Å². The van der Waals surface area contributed by atoms with E-state index in [9.17, 15) is 9.59 Å². The lowest BCUT2D eigenvalue weighted by atomic mass is 9.80. The molecule has 5 heteroatoms. The fourth-order valence-electron chi connectivity index (χ4n) is 2.77. The average molecular weight is 240 g/mol. The highest BCUT2D eigenvalue weighted by Crippen LogP contribution is 2.37. The van der Waals surface area contributed by atoms with Gasteiger partial charge in [0.15, 0.2) is 0 Å². The Hall–Kier alpha value is -0.970. The van der Waals surface area contributed by atoms with E-state index in [4.69, 9.17) is 18.0 Å². The van der Waals surface area contributed by atoms with E-state index in [1.54, 1.807) is 0 Å². The number of thiocarbonyl (C=S) groups is 1. The lowest BCUT2D eigenvalue weighted by molar-refractivity contribution is -0.144. The molecule has 1 aliphatic carbocycles. The molecule has 0 aromatic heterocycles. The van der Waals surface area contributed by atoms with Crippen molar-refractivity contribution in [3.63, 3.8) is 0 Å². The van der Waals surface area contributed by atoms with Crippen molar-refractivity contribution in [3.8, 4) is 0 Å². The number of carbonyl (C=O) groups excluding carboxylic acids is 2. The highest BCUT2D eigenvalue weighted by Gasteiger charge is 2.48. The van der Waals surface area contributed by atoms with Crippen molar-refractivity contribution in [3.05, 3.63) is 0 Å². The molecule has 2 N–H and O–H groups in total. The van der Waals surface area contributed by atoms with E-state index in [2.05, 4.69) is 0 Å². The summed E-state index contributed by atoms with van der Waals surface area (Å²) in [5.74, 6) is -0.223. The van der Waals surface area contributed by atoms with Gasteiger partial charge in [0.25, 0.3) is 0 Å². The molecular formula is C11H16N2O2S. The third-order valence-corrected chi connectivity index (χ3v) is 4.00. The molecule has 1 saturated heterocycles. The molecule has 1 aliphatic heterocycles. The maximum atomic E-state index is 11.8. The number of amides is 2. The summed E-state index contributed by atoms with van der Waals surface area (Å²) in [5.41, 5.74) is 5.14. The molecule has 1 heterocycles. The lowest BCUT2D eigenvalue weighted by Gasteiger charge is -2.42. The standard InChI is InChI=1S/C11H16N2O2S/c12-10(16)11(6-2-1-3-7-11)13-8(14)4-5-9(13)15/h1-7H2,(H2,12,16). The molecular weight excluding hydrogens is 224 g/mol. The number of hydrogen-bond acceptors (Lipinski definition) is 3. The van der Waals surface area contributed by atoms with Gasteiger partial charge in [0.05, 0.1) is 4.99 Å². The van der Waals surface area contributed by atoms with Crippen LogP contribution in [-0.2, 0) is 9.59 Å². The maximum absolute atomic E-state index is 11.8. The number of rotatable bonds is 2. The first-order chi connectivity index (χ1) is 7.58. The first kappa shape index (κ1) is 11.5. The Bertz CT molecular complexity index is 332. The second kappa shape index (κ2) is 4.13. The molecule has 4 nitrogen and oxygen atoms in total. The quantitative estimate of drug-likeness (QED) is 0.580. The average Bonchev–Trinajstić information content (AvgIpc) is 2.60. The van der Waals surface area contributed by atoms with Crippen molar-refractivity contribution in [1.82, 2.24) is 4.90 Å². The predicted octanol–water partition coefficient (Wildman–Crippen LogP) is 1.12. The summed E-state index contributed by atoms with van der Waals surface area (Å²) in [4.78, 5) is 25.2. The smallest absolute Gasteiger partial charge is 0.230 e. The van der Waals surface area contributed by atoms with Crippen LogP contribution < -0.4 is 5.73 Å². The van der Waals surface area contributed by atoms with Crippen molar-refractivity contribution >= 4 is 29.0 Å². The van der Waals surface area contributed by atoms with Crippen LogP contribution in [0.5, 0.6) is 0 Å². The van der Waals surface area contributed by atoms with Gasteiger partial charge in [0.2, 0.25) is 11.8 Å². The monoisotopic (exact) mass is 240 g/mol. The van der Waals surface area contributed by atoms with E-state index in [1.165, 1.54) is 4.90 Å². The van der Waals surface area contributed by atoms with E-state index in [0.29, 0.717) is 17.8 Å². The highest BCUT2D eigenvalue weighted by molar-refractivity contribution is 7.80. The SMILES string of the molecule is NC(=S)C1(N2C(=O)CCC2=O)CCCCC1. The Kier molecular flexibility index (Phi) is 2.97. The summed E-state index contributed by atoms with van der Waals surface area (Å²) >= 11 is 5.10.